The van der Waals surface area contributed by atoms with Gasteiger partial charge in [0, 0.05) is 39.3 Å². The van der Waals surface area contributed by atoms with E-state index in [4.69, 9.17) is 0 Å². The van der Waals surface area contributed by atoms with Crippen molar-refractivity contribution in [1.29, 1.82) is 0 Å². The van der Waals surface area contributed by atoms with E-state index in [2.05, 4.69) is 10.7 Å². The topological polar surface area (TPSA) is 122 Å². The number of imide groups is 1. The molecule has 0 aromatic rings. The van der Waals surface area contributed by atoms with E-state index in [1.165, 1.54) is 4.31 Å². The first kappa shape index (κ1) is 23.4. The zero-order valence-electron chi connectivity index (χ0n) is 18.6. The molecule has 3 heterocycles. The van der Waals surface area contributed by atoms with Gasteiger partial charge in [-0.1, -0.05) is 32.1 Å². The molecule has 0 unspecified atom stereocenters. The van der Waals surface area contributed by atoms with E-state index in [-0.39, 0.29) is 12.5 Å². The van der Waals surface area contributed by atoms with Gasteiger partial charge < -0.3 is 5.32 Å². The lowest BCUT2D eigenvalue weighted by Gasteiger charge is -2.36. The Kier molecular flexibility index (Phi) is 7.03. The zero-order chi connectivity index (χ0) is 22.8. The highest BCUT2D eigenvalue weighted by Gasteiger charge is 2.52. The lowest BCUT2D eigenvalue weighted by Crippen LogP contribution is -2.56. The SMILES string of the molecule is O=C(CN1CCN(S(=O)(=O)N2CCCCCC2)CC1)NN1C(=O)NC2(CCCCC2)C1=O. The Hall–Kier alpha value is -1.76. The van der Waals surface area contributed by atoms with E-state index in [1.54, 1.807) is 4.31 Å². The fraction of sp³-hybridized carbons (Fsp3) is 0.850. The molecule has 1 aliphatic carbocycles. The maximum absolute atomic E-state index is 12.9. The van der Waals surface area contributed by atoms with E-state index in [0.29, 0.717) is 52.1 Å². The Morgan fingerprint density at radius 3 is 2.03 bits per heavy atom. The molecule has 180 valence electrons. The van der Waals surface area contributed by atoms with Gasteiger partial charge in [-0.25, -0.2) is 4.79 Å². The summed E-state index contributed by atoms with van der Waals surface area (Å²) < 4.78 is 29.0. The minimum Gasteiger partial charge on any atom is -0.322 e. The summed E-state index contributed by atoms with van der Waals surface area (Å²) in [5, 5.41) is 3.58. The summed E-state index contributed by atoms with van der Waals surface area (Å²) in [5.41, 5.74) is 1.57. The Labute approximate surface area is 189 Å². The largest absolute Gasteiger partial charge is 0.344 e. The van der Waals surface area contributed by atoms with Gasteiger partial charge in [-0.15, -0.1) is 0 Å². The summed E-state index contributed by atoms with van der Waals surface area (Å²) in [5.74, 6) is -0.839. The van der Waals surface area contributed by atoms with E-state index in [1.807, 2.05) is 4.90 Å². The molecule has 0 aromatic heterocycles. The van der Waals surface area contributed by atoms with Crippen LogP contribution in [0, 0.1) is 0 Å². The number of hydrogen-bond acceptors (Lipinski definition) is 6. The molecule has 4 fully saturated rings. The first-order valence-corrected chi connectivity index (χ1v) is 13.2. The van der Waals surface area contributed by atoms with Crippen LogP contribution in [0.15, 0.2) is 0 Å². The monoisotopic (exact) mass is 470 g/mol. The third-order valence-corrected chi connectivity index (χ3v) is 9.06. The van der Waals surface area contributed by atoms with Gasteiger partial charge in [0.05, 0.1) is 6.54 Å². The second-order valence-corrected chi connectivity index (χ2v) is 11.2. The second kappa shape index (κ2) is 9.62. The molecule has 3 aliphatic heterocycles. The van der Waals surface area contributed by atoms with Gasteiger partial charge in [-0.05, 0) is 25.7 Å². The third-order valence-electron chi connectivity index (χ3n) is 7.02. The number of amides is 4. The van der Waals surface area contributed by atoms with Gasteiger partial charge in [0.15, 0.2) is 0 Å². The number of carbonyl (C=O) groups is 3. The number of piperazine rings is 1. The van der Waals surface area contributed by atoms with Gasteiger partial charge >= 0.3 is 6.03 Å². The van der Waals surface area contributed by atoms with Crippen LogP contribution >= 0.6 is 0 Å². The van der Waals surface area contributed by atoms with Crippen molar-refractivity contribution in [2.45, 2.75) is 63.3 Å². The van der Waals surface area contributed by atoms with Crippen LogP contribution in [-0.2, 0) is 19.8 Å². The molecule has 1 spiro atoms. The molecule has 12 heteroatoms. The van der Waals surface area contributed by atoms with Crippen molar-refractivity contribution >= 4 is 28.1 Å². The van der Waals surface area contributed by atoms with Crippen LogP contribution in [0.1, 0.15) is 57.8 Å². The molecule has 4 amide bonds. The molecular weight excluding hydrogens is 436 g/mol. The first-order valence-electron chi connectivity index (χ1n) is 11.8. The van der Waals surface area contributed by atoms with Crippen molar-refractivity contribution in [2.24, 2.45) is 0 Å². The fourth-order valence-electron chi connectivity index (χ4n) is 5.13. The summed E-state index contributed by atoms with van der Waals surface area (Å²) in [6, 6.07) is -0.585. The van der Waals surface area contributed by atoms with Crippen LogP contribution in [0.25, 0.3) is 0 Å². The van der Waals surface area contributed by atoms with Crippen LogP contribution in [0.4, 0.5) is 4.79 Å². The van der Waals surface area contributed by atoms with Crippen LogP contribution in [-0.4, -0.2) is 96.1 Å². The Balaban J connectivity index is 1.27. The van der Waals surface area contributed by atoms with E-state index < -0.39 is 27.7 Å². The van der Waals surface area contributed by atoms with Crippen molar-refractivity contribution in [3.05, 3.63) is 0 Å². The lowest BCUT2D eigenvalue weighted by molar-refractivity contribution is -0.140. The summed E-state index contributed by atoms with van der Waals surface area (Å²) in [6.45, 7) is 2.62. The highest BCUT2D eigenvalue weighted by molar-refractivity contribution is 7.86. The molecule has 0 aromatic carbocycles. The molecular formula is C20H34N6O5S. The fourth-order valence-corrected chi connectivity index (χ4v) is 6.80. The number of nitrogens with zero attached hydrogens (tertiary/aromatic N) is 4. The number of urea groups is 1. The molecule has 0 bridgehead atoms. The number of hydrazine groups is 1. The Morgan fingerprint density at radius 1 is 0.844 bits per heavy atom. The molecule has 2 N–H and O–H groups in total. The predicted molar refractivity (Wildman–Crippen MR) is 116 cm³/mol. The predicted octanol–water partition coefficient (Wildman–Crippen LogP) is 0.0107. The number of rotatable bonds is 5. The molecule has 32 heavy (non-hydrogen) atoms. The Morgan fingerprint density at radius 2 is 1.41 bits per heavy atom. The van der Waals surface area contributed by atoms with Gasteiger partial charge in [0.2, 0.25) is 0 Å². The van der Waals surface area contributed by atoms with E-state index in [0.717, 1.165) is 50.0 Å². The van der Waals surface area contributed by atoms with Crippen LogP contribution < -0.4 is 10.7 Å². The maximum atomic E-state index is 12.9. The number of carbonyl (C=O) groups excluding carboxylic acids is 3. The van der Waals surface area contributed by atoms with Gasteiger partial charge in [-0.3, -0.25) is 19.9 Å². The van der Waals surface area contributed by atoms with Crippen molar-refractivity contribution in [1.82, 2.24) is 29.3 Å². The summed E-state index contributed by atoms with van der Waals surface area (Å²) in [7, 11) is -3.48. The van der Waals surface area contributed by atoms with E-state index in [9.17, 15) is 22.8 Å². The second-order valence-electron chi connectivity index (χ2n) is 9.24. The molecule has 1 saturated carbocycles. The normalized spacial score (nSPS) is 26.2. The van der Waals surface area contributed by atoms with Crippen molar-refractivity contribution in [3.63, 3.8) is 0 Å². The minimum absolute atomic E-state index is 0.00165. The summed E-state index contributed by atoms with van der Waals surface area (Å²) >= 11 is 0. The molecule has 11 nitrogen and oxygen atoms in total. The van der Waals surface area contributed by atoms with Crippen molar-refractivity contribution < 1.29 is 22.8 Å². The number of hydrogen-bond donors (Lipinski definition) is 2. The highest BCUT2D eigenvalue weighted by Crippen LogP contribution is 2.33. The van der Waals surface area contributed by atoms with Crippen LogP contribution in [0.2, 0.25) is 0 Å². The average molecular weight is 471 g/mol. The molecule has 4 aliphatic rings. The van der Waals surface area contributed by atoms with Crippen LogP contribution in [0.3, 0.4) is 0 Å². The standard InChI is InChI=1S/C20H34N6O5S/c27-17(22-26-18(28)20(21-19(26)29)8-4-3-5-9-20)16-23-12-14-25(15-13-23)32(30,31)24-10-6-1-2-7-11-24/h1-16H2,(H,21,29)(H,22,27). The molecule has 0 radical (unpaired) electrons. The lowest BCUT2D eigenvalue weighted by atomic mass is 9.82. The average Bonchev–Trinajstić information content (AvgIpc) is 2.99. The smallest absolute Gasteiger partial charge is 0.322 e. The van der Waals surface area contributed by atoms with E-state index >= 15 is 0 Å². The van der Waals surface area contributed by atoms with Gasteiger partial charge in [0.25, 0.3) is 22.0 Å². The Bertz CT molecular complexity index is 827. The number of nitrogens with one attached hydrogen (secondary N) is 2. The quantitative estimate of drug-likeness (QED) is 0.546. The molecule has 0 atom stereocenters. The van der Waals surface area contributed by atoms with Crippen molar-refractivity contribution in [2.75, 3.05) is 45.8 Å². The zero-order valence-corrected chi connectivity index (χ0v) is 19.4. The maximum Gasteiger partial charge on any atom is 0.344 e. The van der Waals surface area contributed by atoms with Gasteiger partial charge in [0.1, 0.15) is 5.54 Å². The van der Waals surface area contributed by atoms with Crippen molar-refractivity contribution in [3.8, 4) is 0 Å². The summed E-state index contributed by atoms with van der Waals surface area (Å²) in [4.78, 5) is 39.5. The molecule has 3 saturated heterocycles. The first-order chi connectivity index (χ1) is 15.3. The minimum atomic E-state index is -3.48. The highest BCUT2D eigenvalue weighted by atomic mass is 32.2. The van der Waals surface area contributed by atoms with Gasteiger partial charge in [-0.2, -0.15) is 22.0 Å². The summed E-state index contributed by atoms with van der Waals surface area (Å²) in [6.07, 6.45) is 7.89. The molecule has 4 rings (SSSR count). The third kappa shape index (κ3) is 4.78. The van der Waals surface area contributed by atoms with Crippen LogP contribution in [0.5, 0.6) is 0 Å².